The molecule has 1 aromatic carbocycles. The Labute approximate surface area is 164 Å². The molecule has 0 radical (unpaired) electrons. The molecule has 1 aromatic rings. The average molecular weight is 390 g/mol. The molecule has 1 atom stereocenters. The van der Waals surface area contributed by atoms with Gasteiger partial charge in [0, 0.05) is 0 Å². The number of amides is 3. The first-order chi connectivity index (χ1) is 12.8. The highest BCUT2D eigenvalue weighted by Crippen LogP contribution is 2.25. The Bertz CT molecular complexity index is 769. The molecule has 1 aliphatic heterocycles. The molecule has 0 saturated heterocycles. The third-order valence-corrected chi connectivity index (χ3v) is 3.73. The summed E-state index contributed by atoms with van der Waals surface area (Å²) in [5.41, 5.74) is -0.774. The van der Waals surface area contributed by atoms with Crippen LogP contribution < -0.4 is 5.32 Å². The largest absolute Gasteiger partial charge is 0.444 e. The second-order valence-corrected chi connectivity index (χ2v) is 8.82. The van der Waals surface area contributed by atoms with E-state index in [9.17, 15) is 19.2 Å². The first kappa shape index (κ1) is 21.4. The van der Waals surface area contributed by atoms with Gasteiger partial charge in [0.25, 0.3) is 11.8 Å². The molecular weight excluding hydrogens is 364 g/mol. The zero-order valence-electron chi connectivity index (χ0n) is 17.0. The summed E-state index contributed by atoms with van der Waals surface area (Å²) in [5, 5.41) is 2.90. The summed E-state index contributed by atoms with van der Waals surface area (Å²) in [4.78, 5) is 54.6. The molecule has 8 nitrogen and oxygen atoms in total. The fraction of sp³-hybridized carbons (Fsp3) is 0.500. The van der Waals surface area contributed by atoms with Crippen molar-refractivity contribution in [3.05, 3.63) is 35.4 Å². The highest BCUT2D eigenvalue weighted by molar-refractivity contribution is 6.20. The quantitative estimate of drug-likeness (QED) is 0.793. The molecular formula is C20H26N2O6. The average Bonchev–Trinajstić information content (AvgIpc) is 2.76. The Hall–Kier alpha value is -2.90. The number of nitrogens with one attached hydrogen (secondary N) is 1. The van der Waals surface area contributed by atoms with Crippen LogP contribution in [0.2, 0.25) is 0 Å². The fourth-order valence-electron chi connectivity index (χ4n) is 2.66. The first-order valence-electron chi connectivity index (χ1n) is 8.98. The standard InChI is InChI=1S/C20H26N2O6/c1-19(2,3)11-14(21-18(26)27-20(4,5)6)17(25)28-22-15(23)12-9-7-8-10-13(12)16(22)24/h7-10,14H,11H2,1-6H3,(H,21,26). The van der Waals surface area contributed by atoms with Gasteiger partial charge in [-0.3, -0.25) is 9.59 Å². The van der Waals surface area contributed by atoms with Crippen molar-refractivity contribution in [1.29, 1.82) is 0 Å². The highest BCUT2D eigenvalue weighted by atomic mass is 16.7. The molecule has 1 N–H and O–H groups in total. The van der Waals surface area contributed by atoms with Crippen molar-refractivity contribution >= 4 is 23.9 Å². The van der Waals surface area contributed by atoms with Gasteiger partial charge in [-0.1, -0.05) is 38.0 Å². The number of hydrogen-bond donors (Lipinski definition) is 1. The third kappa shape index (κ3) is 5.31. The number of nitrogens with zero attached hydrogens (tertiary/aromatic N) is 1. The number of benzene rings is 1. The van der Waals surface area contributed by atoms with Crippen molar-refractivity contribution in [1.82, 2.24) is 10.4 Å². The summed E-state index contributed by atoms with van der Waals surface area (Å²) in [6.07, 6.45) is -0.574. The number of ether oxygens (including phenoxy) is 1. The van der Waals surface area contributed by atoms with Gasteiger partial charge >= 0.3 is 12.1 Å². The number of imide groups is 1. The number of fused-ring (bicyclic) bond motifs is 1. The monoisotopic (exact) mass is 390 g/mol. The lowest BCUT2D eigenvalue weighted by molar-refractivity contribution is -0.171. The van der Waals surface area contributed by atoms with E-state index in [1.165, 1.54) is 12.1 Å². The van der Waals surface area contributed by atoms with Gasteiger partial charge in [-0.15, -0.1) is 0 Å². The van der Waals surface area contributed by atoms with Gasteiger partial charge < -0.3 is 14.9 Å². The van der Waals surface area contributed by atoms with Crippen LogP contribution in [0.25, 0.3) is 0 Å². The summed E-state index contributed by atoms with van der Waals surface area (Å²) in [5.74, 6) is -2.36. The van der Waals surface area contributed by atoms with E-state index in [2.05, 4.69) is 5.32 Å². The Morgan fingerprint density at radius 3 is 1.93 bits per heavy atom. The van der Waals surface area contributed by atoms with E-state index in [-0.39, 0.29) is 23.0 Å². The molecule has 152 valence electrons. The Kier molecular flexibility index (Phi) is 5.82. The number of alkyl carbamates (subject to hydrolysis) is 1. The molecule has 28 heavy (non-hydrogen) atoms. The molecule has 0 saturated carbocycles. The molecule has 8 heteroatoms. The van der Waals surface area contributed by atoms with Crippen molar-refractivity contribution in [3.8, 4) is 0 Å². The third-order valence-electron chi connectivity index (χ3n) is 3.73. The number of carbonyl (C=O) groups excluding carboxylic acids is 4. The zero-order valence-corrected chi connectivity index (χ0v) is 17.0. The van der Waals surface area contributed by atoms with Crippen LogP contribution in [0.3, 0.4) is 0 Å². The Balaban J connectivity index is 2.15. The topological polar surface area (TPSA) is 102 Å². The van der Waals surface area contributed by atoms with Crippen LogP contribution in [-0.4, -0.2) is 40.6 Å². The molecule has 0 aromatic heterocycles. The molecule has 0 fully saturated rings. The van der Waals surface area contributed by atoms with Crippen LogP contribution >= 0.6 is 0 Å². The Morgan fingerprint density at radius 2 is 1.50 bits per heavy atom. The minimum atomic E-state index is -1.10. The Morgan fingerprint density at radius 1 is 1.00 bits per heavy atom. The van der Waals surface area contributed by atoms with E-state index in [0.717, 1.165) is 0 Å². The van der Waals surface area contributed by atoms with Crippen molar-refractivity contribution < 1.29 is 28.8 Å². The van der Waals surface area contributed by atoms with Crippen molar-refractivity contribution in [2.45, 2.75) is 59.6 Å². The van der Waals surface area contributed by atoms with Crippen LogP contribution in [0.1, 0.15) is 68.7 Å². The predicted molar refractivity (Wildman–Crippen MR) is 100 cm³/mol. The fourth-order valence-corrected chi connectivity index (χ4v) is 2.66. The van der Waals surface area contributed by atoms with Crippen LogP contribution in [0, 0.1) is 5.41 Å². The van der Waals surface area contributed by atoms with Gasteiger partial charge in [-0.25, -0.2) is 9.59 Å². The van der Waals surface area contributed by atoms with E-state index in [1.54, 1.807) is 32.9 Å². The van der Waals surface area contributed by atoms with Gasteiger partial charge in [0.2, 0.25) is 0 Å². The number of hydroxylamine groups is 2. The summed E-state index contributed by atoms with van der Waals surface area (Å²) in [6, 6.07) is 5.09. The van der Waals surface area contributed by atoms with E-state index in [1.807, 2.05) is 20.8 Å². The van der Waals surface area contributed by atoms with Crippen LogP contribution in [0.4, 0.5) is 4.79 Å². The summed E-state index contributed by atoms with van der Waals surface area (Å²) < 4.78 is 5.19. The maximum Gasteiger partial charge on any atom is 0.408 e. The summed E-state index contributed by atoms with van der Waals surface area (Å²) in [7, 11) is 0. The summed E-state index contributed by atoms with van der Waals surface area (Å²) in [6.45, 7) is 10.7. The van der Waals surface area contributed by atoms with Crippen LogP contribution in [0.5, 0.6) is 0 Å². The van der Waals surface area contributed by atoms with Crippen LogP contribution in [-0.2, 0) is 14.4 Å². The second kappa shape index (κ2) is 7.61. The molecule has 0 spiro atoms. The lowest BCUT2D eigenvalue weighted by Gasteiger charge is -2.27. The molecule has 1 heterocycles. The lowest BCUT2D eigenvalue weighted by atomic mass is 9.88. The number of rotatable bonds is 4. The van der Waals surface area contributed by atoms with Gasteiger partial charge in [-0.2, -0.15) is 0 Å². The maximum atomic E-state index is 12.7. The van der Waals surface area contributed by atoms with Gasteiger partial charge in [0.05, 0.1) is 11.1 Å². The molecule has 1 aliphatic rings. The van der Waals surface area contributed by atoms with E-state index in [0.29, 0.717) is 5.06 Å². The SMILES string of the molecule is CC(C)(C)CC(NC(=O)OC(C)(C)C)C(=O)ON1C(=O)c2ccccc2C1=O. The van der Waals surface area contributed by atoms with E-state index < -0.39 is 35.5 Å². The van der Waals surface area contributed by atoms with Crippen molar-refractivity contribution in [3.63, 3.8) is 0 Å². The van der Waals surface area contributed by atoms with Gasteiger partial charge in [0.15, 0.2) is 0 Å². The molecule has 1 unspecified atom stereocenters. The smallest absolute Gasteiger partial charge is 0.408 e. The maximum absolute atomic E-state index is 12.7. The van der Waals surface area contributed by atoms with Gasteiger partial charge in [-0.05, 0) is 44.7 Å². The van der Waals surface area contributed by atoms with Crippen LogP contribution in [0.15, 0.2) is 24.3 Å². The number of hydrogen-bond acceptors (Lipinski definition) is 6. The minimum absolute atomic E-state index is 0.160. The van der Waals surface area contributed by atoms with Crippen molar-refractivity contribution in [2.24, 2.45) is 5.41 Å². The highest BCUT2D eigenvalue weighted by Gasteiger charge is 2.40. The normalized spacial score (nSPS) is 15.1. The predicted octanol–water partition coefficient (Wildman–Crippen LogP) is 3.07. The van der Waals surface area contributed by atoms with Crippen molar-refractivity contribution in [2.75, 3.05) is 0 Å². The molecule has 0 aliphatic carbocycles. The molecule has 3 amide bonds. The first-order valence-corrected chi connectivity index (χ1v) is 8.98. The molecule has 0 bridgehead atoms. The lowest BCUT2D eigenvalue weighted by Crippen LogP contribution is -2.48. The second-order valence-electron chi connectivity index (χ2n) is 8.82. The van der Waals surface area contributed by atoms with E-state index >= 15 is 0 Å². The van der Waals surface area contributed by atoms with E-state index in [4.69, 9.17) is 9.57 Å². The molecule has 2 rings (SSSR count). The number of carbonyl (C=O) groups is 4. The zero-order chi connectivity index (χ0) is 21.3. The summed E-state index contributed by atoms with van der Waals surface area (Å²) >= 11 is 0. The minimum Gasteiger partial charge on any atom is -0.444 e. The van der Waals surface area contributed by atoms with Gasteiger partial charge in [0.1, 0.15) is 11.6 Å².